The van der Waals surface area contributed by atoms with E-state index in [1.807, 2.05) is 37.3 Å². The number of furan rings is 1. The molecule has 1 amide bonds. The van der Waals surface area contributed by atoms with Crippen molar-refractivity contribution < 1.29 is 13.9 Å². The minimum absolute atomic E-state index is 0.0591. The quantitative estimate of drug-likeness (QED) is 0.724. The number of aromatic amines is 1. The number of nitrogens with one attached hydrogen (secondary N) is 1. The highest BCUT2D eigenvalue weighted by Gasteiger charge is 2.25. The lowest BCUT2D eigenvalue weighted by Gasteiger charge is -2.24. The third-order valence-electron chi connectivity index (χ3n) is 4.62. The van der Waals surface area contributed by atoms with Gasteiger partial charge in [-0.3, -0.25) is 14.9 Å². The van der Waals surface area contributed by atoms with Gasteiger partial charge in [0, 0.05) is 25.4 Å². The summed E-state index contributed by atoms with van der Waals surface area (Å²) in [6.07, 6.45) is 3.78. The molecule has 4 rings (SSSR count). The van der Waals surface area contributed by atoms with Crippen LogP contribution in [0.4, 0.5) is 0 Å². The van der Waals surface area contributed by atoms with Gasteiger partial charge < -0.3 is 14.1 Å². The van der Waals surface area contributed by atoms with Gasteiger partial charge in [-0.15, -0.1) is 0 Å². The van der Waals surface area contributed by atoms with Gasteiger partial charge in [-0.1, -0.05) is 6.07 Å². The third-order valence-corrected chi connectivity index (χ3v) is 4.62. The van der Waals surface area contributed by atoms with Crippen molar-refractivity contribution in [3.8, 4) is 11.5 Å². The smallest absolute Gasteiger partial charge is 0.274 e. The lowest BCUT2D eigenvalue weighted by atomic mass is 10.2. The SMILES string of the molecule is Cc1ccc(-c2cc(C(=O)N(Cc3ccccn3)CC3CCCO3)n[nH]2)o1. The Morgan fingerprint density at radius 2 is 2.26 bits per heavy atom. The van der Waals surface area contributed by atoms with Gasteiger partial charge in [0.15, 0.2) is 11.5 Å². The number of nitrogens with zero attached hydrogens (tertiary/aromatic N) is 3. The summed E-state index contributed by atoms with van der Waals surface area (Å²) in [6.45, 7) is 3.57. The van der Waals surface area contributed by atoms with Crippen molar-refractivity contribution in [2.24, 2.45) is 0 Å². The highest BCUT2D eigenvalue weighted by molar-refractivity contribution is 5.93. The highest BCUT2D eigenvalue weighted by atomic mass is 16.5. The summed E-state index contributed by atoms with van der Waals surface area (Å²) < 4.78 is 11.3. The first-order valence-electron chi connectivity index (χ1n) is 9.12. The van der Waals surface area contributed by atoms with Crippen LogP contribution in [-0.4, -0.2) is 45.2 Å². The van der Waals surface area contributed by atoms with Crippen molar-refractivity contribution in [2.45, 2.75) is 32.4 Å². The fourth-order valence-corrected chi connectivity index (χ4v) is 3.24. The number of ether oxygens (including phenoxy) is 1. The van der Waals surface area contributed by atoms with Crippen LogP contribution in [0.25, 0.3) is 11.5 Å². The van der Waals surface area contributed by atoms with E-state index in [2.05, 4.69) is 15.2 Å². The van der Waals surface area contributed by atoms with E-state index in [0.29, 0.717) is 30.2 Å². The molecule has 1 aliphatic heterocycles. The van der Waals surface area contributed by atoms with Crippen LogP contribution < -0.4 is 0 Å². The Morgan fingerprint density at radius 3 is 2.96 bits per heavy atom. The summed E-state index contributed by atoms with van der Waals surface area (Å²) in [5.41, 5.74) is 1.87. The molecule has 0 aromatic carbocycles. The van der Waals surface area contributed by atoms with Gasteiger partial charge in [0.2, 0.25) is 0 Å². The zero-order valence-corrected chi connectivity index (χ0v) is 15.2. The molecule has 0 spiro atoms. The lowest BCUT2D eigenvalue weighted by molar-refractivity contribution is 0.0500. The molecule has 3 aromatic rings. The molecule has 27 heavy (non-hydrogen) atoms. The van der Waals surface area contributed by atoms with Crippen molar-refractivity contribution >= 4 is 5.91 Å². The molecule has 4 heterocycles. The van der Waals surface area contributed by atoms with E-state index in [4.69, 9.17) is 9.15 Å². The largest absolute Gasteiger partial charge is 0.460 e. The van der Waals surface area contributed by atoms with Crippen molar-refractivity contribution in [3.63, 3.8) is 0 Å². The number of amides is 1. The maximum atomic E-state index is 13.1. The van der Waals surface area contributed by atoms with Gasteiger partial charge in [0.05, 0.1) is 18.3 Å². The van der Waals surface area contributed by atoms with E-state index >= 15 is 0 Å². The summed E-state index contributed by atoms with van der Waals surface area (Å²) in [6, 6.07) is 11.2. The average molecular weight is 366 g/mol. The minimum atomic E-state index is -0.151. The van der Waals surface area contributed by atoms with Gasteiger partial charge in [0.25, 0.3) is 5.91 Å². The summed E-state index contributed by atoms with van der Waals surface area (Å²) in [7, 11) is 0. The van der Waals surface area contributed by atoms with Crippen molar-refractivity contribution in [1.82, 2.24) is 20.1 Å². The predicted octanol–water partition coefficient (Wildman–Crippen LogP) is 3.19. The number of aryl methyl sites for hydroxylation is 1. The third kappa shape index (κ3) is 4.09. The van der Waals surface area contributed by atoms with Crippen molar-refractivity contribution in [2.75, 3.05) is 13.2 Å². The van der Waals surface area contributed by atoms with Crippen LogP contribution in [0.5, 0.6) is 0 Å². The van der Waals surface area contributed by atoms with Crippen LogP contribution in [0, 0.1) is 6.92 Å². The number of carbonyl (C=O) groups excluding carboxylic acids is 1. The van der Waals surface area contributed by atoms with Crippen LogP contribution in [0.3, 0.4) is 0 Å². The topological polar surface area (TPSA) is 84.3 Å². The summed E-state index contributed by atoms with van der Waals surface area (Å²) >= 11 is 0. The second-order valence-corrected chi connectivity index (χ2v) is 6.72. The van der Waals surface area contributed by atoms with E-state index < -0.39 is 0 Å². The van der Waals surface area contributed by atoms with E-state index in [1.54, 1.807) is 17.2 Å². The van der Waals surface area contributed by atoms with Gasteiger partial charge >= 0.3 is 0 Å². The molecule has 0 aliphatic carbocycles. The molecular weight excluding hydrogens is 344 g/mol. The molecule has 1 fully saturated rings. The summed E-state index contributed by atoms with van der Waals surface area (Å²) in [5.74, 6) is 1.32. The van der Waals surface area contributed by atoms with E-state index in [9.17, 15) is 4.79 Å². The molecule has 1 N–H and O–H groups in total. The Kier molecular flexibility index (Phi) is 5.02. The molecule has 1 saturated heterocycles. The summed E-state index contributed by atoms with van der Waals surface area (Å²) in [5, 5.41) is 7.09. The zero-order chi connectivity index (χ0) is 18.6. The number of rotatable bonds is 6. The standard InChI is InChI=1S/C20H22N4O3/c1-14-7-8-19(27-14)17-11-18(23-22-17)20(25)24(13-16-6-4-10-26-16)12-15-5-2-3-9-21-15/h2-3,5,7-9,11,16H,4,6,10,12-13H2,1H3,(H,22,23). The molecule has 1 atom stereocenters. The fraction of sp³-hybridized carbons (Fsp3) is 0.350. The Bertz CT molecular complexity index is 897. The molecule has 7 heteroatoms. The normalized spacial score (nSPS) is 16.6. The number of pyridine rings is 1. The predicted molar refractivity (Wildman–Crippen MR) is 99.0 cm³/mol. The second kappa shape index (κ2) is 7.75. The highest BCUT2D eigenvalue weighted by Crippen LogP contribution is 2.22. The fourth-order valence-electron chi connectivity index (χ4n) is 3.24. The Morgan fingerprint density at radius 1 is 1.33 bits per heavy atom. The Labute approximate surface area is 157 Å². The first-order valence-corrected chi connectivity index (χ1v) is 9.12. The van der Waals surface area contributed by atoms with Crippen LogP contribution in [0.2, 0.25) is 0 Å². The maximum Gasteiger partial charge on any atom is 0.274 e. The number of hydrogen-bond donors (Lipinski definition) is 1. The zero-order valence-electron chi connectivity index (χ0n) is 15.2. The van der Waals surface area contributed by atoms with Gasteiger partial charge in [0.1, 0.15) is 11.5 Å². The van der Waals surface area contributed by atoms with Gasteiger partial charge in [-0.05, 0) is 44.0 Å². The Hall–Kier alpha value is -2.93. The number of aromatic nitrogens is 3. The Balaban J connectivity index is 1.54. The second-order valence-electron chi connectivity index (χ2n) is 6.72. The molecular formula is C20H22N4O3. The molecule has 0 saturated carbocycles. The minimum Gasteiger partial charge on any atom is -0.460 e. The lowest BCUT2D eigenvalue weighted by Crippen LogP contribution is -2.37. The van der Waals surface area contributed by atoms with Crippen molar-refractivity contribution in [3.05, 3.63) is 59.7 Å². The van der Waals surface area contributed by atoms with E-state index in [-0.39, 0.29) is 12.0 Å². The van der Waals surface area contributed by atoms with Gasteiger partial charge in [-0.2, -0.15) is 5.10 Å². The maximum absolute atomic E-state index is 13.1. The van der Waals surface area contributed by atoms with Crippen LogP contribution in [0.15, 0.2) is 47.0 Å². The molecule has 0 radical (unpaired) electrons. The monoisotopic (exact) mass is 366 g/mol. The molecule has 1 aliphatic rings. The summed E-state index contributed by atoms with van der Waals surface area (Å²) in [4.78, 5) is 19.2. The van der Waals surface area contributed by atoms with Crippen molar-refractivity contribution in [1.29, 1.82) is 0 Å². The average Bonchev–Trinajstić information content (AvgIpc) is 3.43. The first kappa shape index (κ1) is 17.5. The van der Waals surface area contributed by atoms with Crippen LogP contribution >= 0.6 is 0 Å². The van der Waals surface area contributed by atoms with Gasteiger partial charge in [-0.25, -0.2) is 0 Å². The first-order chi connectivity index (χ1) is 13.2. The van der Waals surface area contributed by atoms with Crippen LogP contribution in [0.1, 0.15) is 34.8 Å². The van der Waals surface area contributed by atoms with Crippen LogP contribution in [-0.2, 0) is 11.3 Å². The molecule has 0 bridgehead atoms. The number of carbonyl (C=O) groups is 1. The molecule has 1 unspecified atom stereocenters. The molecule has 140 valence electrons. The van der Waals surface area contributed by atoms with E-state index in [1.165, 1.54) is 0 Å². The molecule has 3 aromatic heterocycles. The molecule has 7 nitrogen and oxygen atoms in total. The number of H-pyrrole nitrogens is 1. The van der Waals surface area contributed by atoms with E-state index in [0.717, 1.165) is 30.9 Å². The number of hydrogen-bond acceptors (Lipinski definition) is 5.